The van der Waals surface area contributed by atoms with E-state index in [-0.39, 0.29) is 11.3 Å². The first-order chi connectivity index (χ1) is 9.85. The van der Waals surface area contributed by atoms with Crippen molar-refractivity contribution in [2.24, 2.45) is 0 Å². The van der Waals surface area contributed by atoms with Crippen LogP contribution in [0.1, 0.15) is 16.0 Å². The van der Waals surface area contributed by atoms with Crippen molar-refractivity contribution in [1.29, 1.82) is 0 Å². The number of benzene rings is 2. The highest BCUT2D eigenvalue weighted by molar-refractivity contribution is 9.09. The van der Waals surface area contributed by atoms with Gasteiger partial charge in [0.2, 0.25) is 0 Å². The normalized spacial score (nSPS) is 12.3. The van der Waals surface area contributed by atoms with E-state index in [0.29, 0.717) is 0 Å². The molecular weight excluding hydrogens is 376 g/mol. The molecule has 2 aromatic carbocycles. The quantitative estimate of drug-likeness (QED) is 0.392. The zero-order valence-corrected chi connectivity index (χ0v) is 12.9. The van der Waals surface area contributed by atoms with Gasteiger partial charge in [0.15, 0.2) is 0 Å². The van der Waals surface area contributed by atoms with Gasteiger partial charge >= 0.3 is 0 Å². The largest absolute Gasteiger partial charge is 0.497 e. The van der Waals surface area contributed by atoms with E-state index in [2.05, 4.69) is 15.9 Å². The first kappa shape index (κ1) is 16.1. The van der Waals surface area contributed by atoms with Crippen molar-refractivity contribution in [3.05, 3.63) is 63.7 Å². The van der Waals surface area contributed by atoms with Crippen LogP contribution in [0.25, 0.3) is 0 Å². The highest BCUT2D eigenvalue weighted by atomic mass is 79.9. The molecule has 21 heavy (non-hydrogen) atoms. The summed E-state index contributed by atoms with van der Waals surface area (Å²) >= 11 is 8.42. The van der Waals surface area contributed by atoms with Gasteiger partial charge in [-0.15, -0.1) is 0 Å². The molecule has 112 valence electrons. The third-order valence-electron chi connectivity index (χ3n) is 2.85. The predicted octanol–water partition coefficient (Wildman–Crippen LogP) is 5.39. The van der Waals surface area contributed by atoms with Crippen LogP contribution in [0.5, 0.6) is 5.75 Å². The van der Waals surface area contributed by atoms with Gasteiger partial charge in [-0.2, -0.15) is 0 Å². The lowest BCUT2D eigenvalue weighted by Gasteiger charge is -2.15. The van der Waals surface area contributed by atoms with Crippen molar-refractivity contribution in [2.75, 3.05) is 7.11 Å². The fourth-order valence-electron chi connectivity index (χ4n) is 1.81. The summed E-state index contributed by atoms with van der Waals surface area (Å²) < 4.78 is 59.9. The molecule has 2 aromatic rings. The summed E-state index contributed by atoms with van der Waals surface area (Å²) in [7, 11) is 1.26. The molecule has 0 aliphatic heterocycles. The summed E-state index contributed by atoms with van der Waals surface area (Å²) in [6.45, 7) is 0. The van der Waals surface area contributed by atoms with E-state index in [4.69, 9.17) is 16.3 Å². The van der Waals surface area contributed by atoms with Crippen LogP contribution in [0.4, 0.5) is 17.6 Å². The Balaban J connectivity index is 2.55. The first-order valence-corrected chi connectivity index (χ1v) is 6.96. The lowest BCUT2D eigenvalue weighted by molar-refractivity contribution is 0.405. The topological polar surface area (TPSA) is 9.23 Å². The number of alkyl halides is 1. The van der Waals surface area contributed by atoms with E-state index in [1.54, 1.807) is 0 Å². The van der Waals surface area contributed by atoms with Crippen molar-refractivity contribution in [3.8, 4) is 5.75 Å². The molecule has 0 saturated carbocycles. The number of hydrogen-bond acceptors (Lipinski definition) is 1. The standard InChI is InChI=1S/C14H8BrClF4O/c1-21-6-2-11(19)13(12(20)3-6)14(15)7-4-10(18)8(16)5-9(7)17/h2-5,14H,1H3. The second-order valence-electron chi connectivity index (χ2n) is 4.16. The molecule has 0 aliphatic rings. The number of halogens is 6. The Bertz CT molecular complexity index is 670. The Labute approximate surface area is 131 Å². The summed E-state index contributed by atoms with van der Waals surface area (Å²) in [4.78, 5) is -1.21. The molecule has 0 aliphatic carbocycles. The Morgan fingerprint density at radius 2 is 1.52 bits per heavy atom. The van der Waals surface area contributed by atoms with E-state index >= 15 is 0 Å². The van der Waals surface area contributed by atoms with Crippen LogP contribution in [-0.2, 0) is 0 Å². The Kier molecular flexibility index (Phi) is 4.78. The summed E-state index contributed by atoms with van der Waals surface area (Å²) in [6, 6.07) is 3.45. The number of rotatable bonds is 3. The molecule has 1 unspecified atom stereocenters. The molecule has 0 saturated heterocycles. The molecule has 0 aromatic heterocycles. The maximum Gasteiger partial charge on any atom is 0.142 e. The fraction of sp³-hybridized carbons (Fsp3) is 0.143. The molecule has 0 N–H and O–H groups in total. The smallest absolute Gasteiger partial charge is 0.142 e. The molecule has 0 spiro atoms. The molecule has 0 amide bonds. The van der Waals surface area contributed by atoms with Crippen molar-refractivity contribution in [3.63, 3.8) is 0 Å². The zero-order chi connectivity index (χ0) is 15.7. The van der Waals surface area contributed by atoms with Gasteiger partial charge in [-0.05, 0) is 12.1 Å². The highest BCUT2D eigenvalue weighted by Crippen LogP contribution is 2.38. The van der Waals surface area contributed by atoms with E-state index in [9.17, 15) is 17.6 Å². The maximum atomic E-state index is 14.0. The van der Waals surface area contributed by atoms with Crippen LogP contribution in [0, 0.1) is 23.3 Å². The third-order valence-corrected chi connectivity index (χ3v) is 4.10. The molecular formula is C14H8BrClF4O. The van der Waals surface area contributed by atoms with E-state index in [1.807, 2.05) is 0 Å². The van der Waals surface area contributed by atoms with E-state index in [0.717, 1.165) is 24.3 Å². The van der Waals surface area contributed by atoms with Gasteiger partial charge in [0.25, 0.3) is 0 Å². The number of hydrogen-bond donors (Lipinski definition) is 0. The average Bonchev–Trinajstić information content (AvgIpc) is 2.41. The second-order valence-corrected chi connectivity index (χ2v) is 5.48. The SMILES string of the molecule is COc1cc(F)c(C(Br)c2cc(F)c(Cl)cc2F)c(F)c1. The van der Waals surface area contributed by atoms with Crippen LogP contribution < -0.4 is 4.74 Å². The molecule has 1 nitrogen and oxygen atoms in total. The number of ether oxygens (including phenoxy) is 1. The highest BCUT2D eigenvalue weighted by Gasteiger charge is 2.24. The zero-order valence-electron chi connectivity index (χ0n) is 10.6. The Morgan fingerprint density at radius 1 is 0.952 bits per heavy atom. The lowest BCUT2D eigenvalue weighted by Crippen LogP contribution is -2.04. The minimum atomic E-state index is -1.21. The Hall–Kier alpha value is -1.27. The van der Waals surface area contributed by atoms with Gasteiger partial charge in [-0.25, -0.2) is 17.6 Å². The van der Waals surface area contributed by atoms with Gasteiger partial charge in [0, 0.05) is 23.3 Å². The molecule has 7 heteroatoms. The Morgan fingerprint density at radius 3 is 2.05 bits per heavy atom. The van der Waals surface area contributed by atoms with Crippen LogP contribution >= 0.6 is 27.5 Å². The minimum Gasteiger partial charge on any atom is -0.497 e. The van der Waals surface area contributed by atoms with Crippen molar-refractivity contribution in [1.82, 2.24) is 0 Å². The monoisotopic (exact) mass is 382 g/mol. The molecule has 1 atom stereocenters. The van der Waals surface area contributed by atoms with Gasteiger partial charge in [0.05, 0.1) is 17.0 Å². The van der Waals surface area contributed by atoms with Gasteiger partial charge in [0.1, 0.15) is 29.0 Å². The van der Waals surface area contributed by atoms with E-state index < -0.39 is 38.7 Å². The van der Waals surface area contributed by atoms with E-state index in [1.165, 1.54) is 7.11 Å². The van der Waals surface area contributed by atoms with Crippen LogP contribution in [0.15, 0.2) is 24.3 Å². The fourth-order valence-corrected chi connectivity index (χ4v) is 2.75. The molecule has 0 heterocycles. The van der Waals surface area contributed by atoms with Crippen LogP contribution in [0.2, 0.25) is 5.02 Å². The third kappa shape index (κ3) is 3.16. The van der Waals surface area contributed by atoms with Crippen molar-refractivity contribution < 1.29 is 22.3 Å². The molecule has 0 bridgehead atoms. The predicted molar refractivity (Wildman–Crippen MR) is 75.0 cm³/mol. The number of methoxy groups -OCH3 is 1. The van der Waals surface area contributed by atoms with Gasteiger partial charge in [-0.3, -0.25) is 0 Å². The van der Waals surface area contributed by atoms with Gasteiger partial charge < -0.3 is 4.74 Å². The first-order valence-electron chi connectivity index (χ1n) is 5.66. The van der Waals surface area contributed by atoms with Gasteiger partial charge in [-0.1, -0.05) is 27.5 Å². The average molecular weight is 384 g/mol. The molecule has 0 fully saturated rings. The summed E-state index contributed by atoms with van der Waals surface area (Å²) in [5.74, 6) is -3.66. The summed E-state index contributed by atoms with van der Waals surface area (Å²) in [5, 5.41) is -0.411. The minimum absolute atomic E-state index is 0.0174. The second kappa shape index (κ2) is 6.23. The lowest BCUT2D eigenvalue weighted by atomic mass is 10.0. The summed E-state index contributed by atoms with van der Waals surface area (Å²) in [5.41, 5.74) is -0.712. The van der Waals surface area contributed by atoms with Crippen molar-refractivity contribution >= 4 is 27.5 Å². The maximum absolute atomic E-state index is 14.0. The summed E-state index contributed by atoms with van der Waals surface area (Å²) in [6.07, 6.45) is 0. The van der Waals surface area contributed by atoms with Crippen LogP contribution in [0.3, 0.4) is 0 Å². The van der Waals surface area contributed by atoms with Crippen molar-refractivity contribution in [2.45, 2.75) is 4.83 Å². The molecule has 2 rings (SSSR count). The van der Waals surface area contributed by atoms with Crippen LogP contribution in [-0.4, -0.2) is 7.11 Å². The molecule has 0 radical (unpaired) electrons.